The fraction of sp³-hybridized carbons (Fsp3) is 0.600. The maximum atomic E-state index is 5.28. The van der Waals surface area contributed by atoms with Crippen molar-refractivity contribution in [2.45, 2.75) is 51.9 Å². The first-order chi connectivity index (χ1) is 10.7. The highest BCUT2D eigenvalue weighted by Gasteiger charge is 2.15. The zero-order valence-electron chi connectivity index (χ0n) is 12.8. The Morgan fingerprint density at radius 3 is 3.00 bits per heavy atom. The normalized spacial score (nSPS) is 16.6. The summed E-state index contributed by atoms with van der Waals surface area (Å²) in [5, 5.41) is 14.7. The number of H-pyrrole nitrogens is 1. The van der Waals surface area contributed by atoms with Gasteiger partial charge < -0.3 is 0 Å². The highest BCUT2D eigenvalue weighted by molar-refractivity contribution is 7.71. The van der Waals surface area contributed by atoms with Crippen molar-refractivity contribution in [1.82, 2.24) is 19.9 Å². The number of hydrogen-bond donors (Lipinski definition) is 1. The SMILES string of the molecule is Cc1nc(/C=N\n2c(CCC3CCCCC3)n[nH]c2=S)cs1. The molecule has 0 amide bonds. The van der Waals surface area contributed by atoms with Crippen LogP contribution in [0, 0.1) is 17.6 Å². The van der Waals surface area contributed by atoms with Gasteiger partial charge in [-0.25, -0.2) is 4.98 Å². The maximum Gasteiger partial charge on any atom is 0.216 e. The van der Waals surface area contributed by atoms with E-state index in [9.17, 15) is 0 Å². The molecule has 0 atom stereocenters. The van der Waals surface area contributed by atoms with Gasteiger partial charge in [-0.3, -0.25) is 5.10 Å². The van der Waals surface area contributed by atoms with Crippen molar-refractivity contribution in [3.8, 4) is 0 Å². The highest BCUT2D eigenvalue weighted by Crippen LogP contribution is 2.27. The molecule has 1 aliphatic rings. The van der Waals surface area contributed by atoms with E-state index in [4.69, 9.17) is 12.2 Å². The molecule has 118 valence electrons. The first-order valence-corrected chi connectivity index (χ1v) is 9.14. The van der Waals surface area contributed by atoms with Crippen molar-refractivity contribution < 1.29 is 0 Å². The molecule has 3 rings (SSSR count). The van der Waals surface area contributed by atoms with Crippen LogP contribution in [0.15, 0.2) is 10.5 Å². The van der Waals surface area contributed by atoms with Crippen molar-refractivity contribution in [3.05, 3.63) is 26.7 Å². The smallest absolute Gasteiger partial charge is 0.216 e. The fourth-order valence-corrected chi connectivity index (χ4v) is 3.73. The molecule has 1 saturated carbocycles. The maximum absolute atomic E-state index is 5.28. The summed E-state index contributed by atoms with van der Waals surface area (Å²) in [4.78, 5) is 4.38. The lowest BCUT2D eigenvalue weighted by Crippen LogP contribution is -2.09. The van der Waals surface area contributed by atoms with E-state index in [1.165, 1.54) is 38.5 Å². The number of aromatic nitrogens is 4. The number of aromatic amines is 1. The Bertz CT molecular complexity index is 691. The molecule has 22 heavy (non-hydrogen) atoms. The summed E-state index contributed by atoms with van der Waals surface area (Å²) in [5.74, 6) is 1.75. The molecular weight excluding hydrogens is 314 g/mol. The van der Waals surface area contributed by atoms with Gasteiger partial charge in [0, 0.05) is 11.8 Å². The van der Waals surface area contributed by atoms with E-state index in [0.717, 1.165) is 28.9 Å². The zero-order valence-corrected chi connectivity index (χ0v) is 14.4. The van der Waals surface area contributed by atoms with Gasteiger partial charge in [-0.15, -0.1) is 11.3 Å². The Morgan fingerprint density at radius 2 is 2.27 bits per heavy atom. The molecule has 2 aromatic rings. The molecule has 1 N–H and O–H groups in total. The van der Waals surface area contributed by atoms with Gasteiger partial charge in [0.15, 0.2) is 5.82 Å². The number of nitrogens with zero attached hydrogens (tertiary/aromatic N) is 4. The molecule has 0 radical (unpaired) electrons. The van der Waals surface area contributed by atoms with Crippen LogP contribution in [0.4, 0.5) is 0 Å². The second-order valence-electron chi connectivity index (χ2n) is 5.84. The second-order valence-corrected chi connectivity index (χ2v) is 7.28. The van der Waals surface area contributed by atoms with Crippen LogP contribution >= 0.6 is 23.6 Å². The summed E-state index contributed by atoms with van der Waals surface area (Å²) in [7, 11) is 0. The lowest BCUT2D eigenvalue weighted by molar-refractivity contribution is 0.336. The number of hydrogen-bond acceptors (Lipinski definition) is 5. The van der Waals surface area contributed by atoms with Gasteiger partial charge in [0.05, 0.1) is 16.9 Å². The summed E-state index contributed by atoms with van der Waals surface area (Å²) in [5.41, 5.74) is 0.865. The van der Waals surface area contributed by atoms with Crippen LogP contribution < -0.4 is 0 Å². The highest BCUT2D eigenvalue weighted by atomic mass is 32.1. The van der Waals surface area contributed by atoms with Gasteiger partial charge in [-0.05, 0) is 31.5 Å². The third-order valence-electron chi connectivity index (χ3n) is 4.16. The lowest BCUT2D eigenvalue weighted by Gasteiger charge is -2.20. The minimum Gasteiger partial charge on any atom is -0.250 e. The molecule has 0 aromatic carbocycles. The first kappa shape index (κ1) is 15.6. The fourth-order valence-electron chi connectivity index (χ4n) is 2.97. The molecule has 1 aliphatic carbocycles. The molecule has 2 aromatic heterocycles. The Kier molecular flexibility index (Phi) is 5.15. The molecule has 1 fully saturated rings. The van der Waals surface area contributed by atoms with Crippen molar-refractivity contribution in [3.63, 3.8) is 0 Å². The topological polar surface area (TPSA) is 58.9 Å². The van der Waals surface area contributed by atoms with E-state index in [0.29, 0.717) is 4.77 Å². The van der Waals surface area contributed by atoms with Gasteiger partial charge in [-0.2, -0.15) is 14.9 Å². The quantitative estimate of drug-likeness (QED) is 0.661. The predicted octanol–water partition coefficient (Wildman–Crippen LogP) is 4.10. The summed E-state index contributed by atoms with van der Waals surface area (Å²) in [6.07, 6.45) is 10.7. The van der Waals surface area contributed by atoms with Gasteiger partial charge >= 0.3 is 0 Å². The van der Waals surface area contributed by atoms with Crippen LogP contribution in [0.1, 0.15) is 55.1 Å². The third kappa shape index (κ3) is 3.89. The Labute approximate surface area is 139 Å². The Hall–Kier alpha value is -1.34. The summed E-state index contributed by atoms with van der Waals surface area (Å²) in [6.45, 7) is 1.99. The monoisotopic (exact) mass is 335 g/mol. The average molecular weight is 336 g/mol. The van der Waals surface area contributed by atoms with Gasteiger partial charge in [0.25, 0.3) is 0 Å². The van der Waals surface area contributed by atoms with Gasteiger partial charge in [0.2, 0.25) is 4.77 Å². The molecule has 5 nitrogen and oxygen atoms in total. The number of aryl methyl sites for hydroxylation is 2. The summed E-state index contributed by atoms with van der Waals surface area (Å²) < 4.78 is 2.27. The minimum atomic E-state index is 0.543. The number of rotatable bonds is 5. The molecular formula is C15H21N5S2. The molecule has 2 heterocycles. The predicted molar refractivity (Wildman–Crippen MR) is 92.2 cm³/mol. The van der Waals surface area contributed by atoms with Crippen molar-refractivity contribution >= 4 is 29.8 Å². The summed E-state index contributed by atoms with van der Waals surface area (Å²) >= 11 is 6.90. The van der Waals surface area contributed by atoms with Crippen LogP contribution in [0.3, 0.4) is 0 Å². The molecule has 7 heteroatoms. The van der Waals surface area contributed by atoms with Gasteiger partial charge in [-0.1, -0.05) is 32.1 Å². The van der Waals surface area contributed by atoms with E-state index in [-0.39, 0.29) is 0 Å². The van der Waals surface area contributed by atoms with Crippen LogP contribution in [-0.2, 0) is 6.42 Å². The second kappa shape index (κ2) is 7.28. The third-order valence-corrected chi connectivity index (χ3v) is 5.22. The molecule has 0 aliphatic heterocycles. The summed E-state index contributed by atoms with van der Waals surface area (Å²) in [6, 6.07) is 0. The van der Waals surface area contributed by atoms with Gasteiger partial charge in [0.1, 0.15) is 0 Å². The molecule has 0 spiro atoms. The standard InChI is InChI=1S/C15H21N5S2/c1-11-17-13(10-22-11)9-16-20-14(18-19-15(20)21)8-7-12-5-3-2-4-6-12/h9-10,12H,2-8H2,1H3,(H,19,21)/b16-9-. The Balaban J connectivity index is 1.67. The van der Waals surface area contributed by atoms with Crippen LogP contribution in [0.25, 0.3) is 0 Å². The Morgan fingerprint density at radius 1 is 1.45 bits per heavy atom. The van der Waals surface area contributed by atoms with Crippen LogP contribution in [-0.4, -0.2) is 26.1 Å². The number of thiazole rings is 1. The first-order valence-electron chi connectivity index (χ1n) is 7.85. The lowest BCUT2D eigenvalue weighted by atomic mass is 9.86. The van der Waals surface area contributed by atoms with Crippen molar-refractivity contribution in [2.75, 3.05) is 0 Å². The molecule has 0 unspecified atom stereocenters. The largest absolute Gasteiger partial charge is 0.250 e. The van der Waals surface area contributed by atoms with Crippen LogP contribution in [0.5, 0.6) is 0 Å². The van der Waals surface area contributed by atoms with E-state index >= 15 is 0 Å². The van der Waals surface area contributed by atoms with E-state index in [2.05, 4.69) is 20.3 Å². The van der Waals surface area contributed by atoms with Crippen molar-refractivity contribution in [1.29, 1.82) is 0 Å². The zero-order chi connectivity index (χ0) is 15.4. The van der Waals surface area contributed by atoms with Crippen molar-refractivity contribution in [2.24, 2.45) is 11.0 Å². The molecule has 0 saturated heterocycles. The molecule has 0 bridgehead atoms. The van der Waals surface area contributed by atoms with E-state index in [1.54, 1.807) is 22.2 Å². The minimum absolute atomic E-state index is 0.543. The van der Waals surface area contributed by atoms with E-state index < -0.39 is 0 Å². The average Bonchev–Trinajstić information content (AvgIpc) is 3.10. The van der Waals surface area contributed by atoms with Crippen LogP contribution in [0.2, 0.25) is 0 Å². The number of nitrogens with one attached hydrogen (secondary N) is 1. The van der Waals surface area contributed by atoms with E-state index in [1.807, 2.05) is 12.3 Å².